The van der Waals surface area contributed by atoms with Crippen LogP contribution in [0.4, 0.5) is 10.5 Å². The Bertz CT molecular complexity index is 1060. The van der Waals surface area contributed by atoms with E-state index in [1.807, 2.05) is 0 Å². The summed E-state index contributed by atoms with van der Waals surface area (Å²) in [6, 6.07) is 4.88. The van der Waals surface area contributed by atoms with Crippen LogP contribution in [0.25, 0.3) is 0 Å². The maximum absolute atomic E-state index is 12.9. The van der Waals surface area contributed by atoms with Gasteiger partial charge in [-0.3, -0.25) is 5.32 Å². The van der Waals surface area contributed by atoms with Gasteiger partial charge in [-0.2, -0.15) is 9.78 Å². The van der Waals surface area contributed by atoms with Gasteiger partial charge in [0.15, 0.2) is 0 Å². The van der Waals surface area contributed by atoms with Crippen LogP contribution in [0.2, 0.25) is 10.0 Å². The number of ether oxygens (including phenoxy) is 2. The normalized spacial score (nSPS) is 47.6. The third-order valence-electron chi connectivity index (χ3n) is 9.95. The molecule has 3 bridgehead atoms. The predicted molar refractivity (Wildman–Crippen MR) is 126 cm³/mol. The second-order valence-electron chi connectivity index (χ2n) is 11.5. The van der Waals surface area contributed by atoms with Crippen molar-refractivity contribution in [3.05, 3.63) is 40.9 Å². The number of halogens is 2. The standard InChI is InChI=1S/C26H29Cl2NO5/c1-2-23(31-22(30)29-21-11-19(27)4-5-20(21)28)6-3-7-25(14-23)32-26(34-33-25)17-9-15-8-16-10-18(26)13-24(15,16)12-17/h2,4-5,11,15-18H,1,3,6-10,12-14H2,(H,29,30). The van der Waals surface area contributed by atoms with Crippen LogP contribution in [-0.2, 0) is 19.2 Å². The summed E-state index contributed by atoms with van der Waals surface area (Å²) in [5.74, 6) is 0.846. The minimum Gasteiger partial charge on any atom is -0.438 e. The molecule has 1 amide bonds. The minimum atomic E-state index is -0.936. The highest BCUT2D eigenvalue weighted by Gasteiger charge is 2.77. The van der Waals surface area contributed by atoms with Crippen molar-refractivity contribution in [1.29, 1.82) is 0 Å². The molecular formula is C26H29Cl2NO5. The van der Waals surface area contributed by atoms with Crippen molar-refractivity contribution in [2.24, 2.45) is 29.1 Å². The van der Waals surface area contributed by atoms with Crippen LogP contribution in [0.15, 0.2) is 30.9 Å². The Morgan fingerprint density at radius 3 is 2.56 bits per heavy atom. The van der Waals surface area contributed by atoms with Crippen molar-refractivity contribution in [2.75, 3.05) is 5.32 Å². The smallest absolute Gasteiger partial charge is 0.412 e. The predicted octanol–water partition coefficient (Wildman–Crippen LogP) is 6.87. The molecule has 34 heavy (non-hydrogen) atoms. The molecule has 1 N–H and O–H groups in total. The average molecular weight is 506 g/mol. The summed E-state index contributed by atoms with van der Waals surface area (Å²) >= 11 is 12.3. The van der Waals surface area contributed by atoms with Gasteiger partial charge < -0.3 is 9.47 Å². The highest BCUT2D eigenvalue weighted by atomic mass is 35.5. The van der Waals surface area contributed by atoms with Crippen LogP contribution in [0.3, 0.4) is 0 Å². The lowest BCUT2D eigenvalue weighted by atomic mass is 9.56. The van der Waals surface area contributed by atoms with Crippen molar-refractivity contribution < 1.29 is 24.0 Å². The van der Waals surface area contributed by atoms with Crippen molar-refractivity contribution in [2.45, 2.75) is 75.0 Å². The van der Waals surface area contributed by atoms with Gasteiger partial charge >= 0.3 is 6.09 Å². The number of carbonyl (C=O) groups is 1. The number of anilines is 1. The summed E-state index contributed by atoms with van der Waals surface area (Å²) < 4.78 is 12.8. The maximum Gasteiger partial charge on any atom is 0.412 e. The largest absolute Gasteiger partial charge is 0.438 e. The molecular weight excluding hydrogens is 477 g/mol. The lowest BCUT2D eigenvalue weighted by molar-refractivity contribution is -0.377. The fourth-order valence-electron chi connectivity index (χ4n) is 8.55. The zero-order valence-corrected chi connectivity index (χ0v) is 20.5. The van der Waals surface area contributed by atoms with Crippen LogP contribution in [0.1, 0.15) is 57.8 Å². The molecule has 8 heteroatoms. The molecule has 0 radical (unpaired) electrons. The highest BCUT2D eigenvalue weighted by molar-refractivity contribution is 6.35. The molecule has 6 nitrogen and oxygen atoms in total. The Hall–Kier alpha value is -1.31. The van der Waals surface area contributed by atoms with Gasteiger partial charge in [0, 0.05) is 29.7 Å². The number of carbonyl (C=O) groups excluding carboxylic acids is 1. The number of benzene rings is 1. The number of amides is 1. The van der Waals surface area contributed by atoms with E-state index in [4.69, 9.17) is 42.5 Å². The Labute approximate surface area is 209 Å². The quantitative estimate of drug-likeness (QED) is 0.358. The minimum absolute atomic E-state index is 0.347. The van der Waals surface area contributed by atoms with Crippen molar-refractivity contribution in [3.63, 3.8) is 0 Å². The lowest BCUT2D eigenvalue weighted by Crippen LogP contribution is -2.53. The third-order valence-corrected chi connectivity index (χ3v) is 10.5. The number of fused-ring (bicyclic) bond motifs is 4. The van der Waals surface area contributed by atoms with Crippen LogP contribution >= 0.6 is 23.2 Å². The van der Waals surface area contributed by atoms with E-state index in [1.54, 1.807) is 24.3 Å². The van der Waals surface area contributed by atoms with E-state index in [-0.39, 0.29) is 0 Å². The maximum atomic E-state index is 12.9. The van der Waals surface area contributed by atoms with Gasteiger partial charge in [0.05, 0.1) is 10.7 Å². The van der Waals surface area contributed by atoms with E-state index in [2.05, 4.69) is 11.9 Å². The molecule has 6 aliphatic rings. The molecule has 6 fully saturated rings. The molecule has 1 aliphatic heterocycles. The van der Waals surface area contributed by atoms with E-state index in [0.29, 0.717) is 52.2 Å². The van der Waals surface area contributed by atoms with Crippen molar-refractivity contribution >= 4 is 35.0 Å². The van der Waals surface area contributed by atoms with E-state index >= 15 is 0 Å². The summed E-state index contributed by atoms with van der Waals surface area (Å²) in [4.78, 5) is 25.2. The summed E-state index contributed by atoms with van der Waals surface area (Å²) in [7, 11) is 0. The van der Waals surface area contributed by atoms with Gasteiger partial charge in [-0.15, -0.1) is 0 Å². The average Bonchev–Trinajstić information content (AvgIpc) is 3.38. The SMILES string of the molecule is C=CC1(OC(=O)Nc2cc(Cl)ccc2Cl)CCCC2(C1)OOC1(O2)C2CC3CC4CC1CC34C2. The Kier molecular flexibility index (Phi) is 4.60. The van der Waals surface area contributed by atoms with E-state index in [1.165, 1.54) is 32.1 Å². The molecule has 182 valence electrons. The van der Waals surface area contributed by atoms with Gasteiger partial charge in [0.2, 0.25) is 11.6 Å². The van der Waals surface area contributed by atoms with E-state index < -0.39 is 23.3 Å². The van der Waals surface area contributed by atoms with Crippen LogP contribution < -0.4 is 5.32 Å². The van der Waals surface area contributed by atoms with Crippen LogP contribution in [0, 0.1) is 29.1 Å². The fourth-order valence-corrected chi connectivity index (χ4v) is 8.88. The Morgan fingerprint density at radius 2 is 1.82 bits per heavy atom. The zero-order valence-electron chi connectivity index (χ0n) is 19.0. The second-order valence-corrected chi connectivity index (χ2v) is 12.3. The van der Waals surface area contributed by atoms with Crippen molar-refractivity contribution in [1.82, 2.24) is 0 Å². The molecule has 3 spiro atoms. The molecule has 7 rings (SSSR count). The number of rotatable bonds is 3. The summed E-state index contributed by atoms with van der Waals surface area (Å²) in [5, 5.41) is 3.56. The molecule has 1 aromatic rings. The second kappa shape index (κ2) is 7.13. The Morgan fingerprint density at radius 1 is 1.09 bits per heavy atom. The van der Waals surface area contributed by atoms with Crippen LogP contribution in [0.5, 0.6) is 0 Å². The molecule has 5 saturated carbocycles. The third kappa shape index (κ3) is 2.89. The van der Waals surface area contributed by atoms with E-state index in [9.17, 15) is 4.79 Å². The first-order valence-electron chi connectivity index (χ1n) is 12.5. The topological polar surface area (TPSA) is 66.0 Å². The first-order valence-corrected chi connectivity index (χ1v) is 13.2. The Balaban J connectivity index is 1.10. The fraction of sp³-hybridized carbons (Fsp3) is 0.654. The van der Waals surface area contributed by atoms with Gasteiger partial charge in [0.1, 0.15) is 5.60 Å². The lowest BCUT2D eigenvalue weighted by Gasteiger charge is -2.49. The molecule has 0 aromatic heterocycles. The molecule has 1 heterocycles. The molecule has 6 atom stereocenters. The first kappa shape index (κ1) is 21.9. The highest BCUT2D eigenvalue weighted by Crippen LogP contribution is 2.79. The van der Waals surface area contributed by atoms with Gasteiger partial charge in [-0.05, 0) is 86.5 Å². The number of nitrogens with one attached hydrogen (secondary N) is 1. The van der Waals surface area contributed by atoms with Gasteiger partial charge in [-0.1, -0.05) is 29.8 Å². The summed E-state index contributed by atoms with van der Waals surface area (Å²) in [5.41, 5.74) is 0.0172. The van der Waals surface area contributed by atoms with E-state index in [0.717, 1.165) is 18.3 Å². The van der Waals surface area contributed by atoms with Gasteiger partial charge in [0.25, 0.3) is 0 Å². The molecule has 1 saturated heterocycles. The zero-order chi connectivity index (χ0) is 23.3. The molecule has 6 unspecified atom stereocenters. The summed E-state index contributed by atoms with van der Waals surface area (Å²) in [6.45, 7) is 3.99. The monoisotopic (exact) mass is 505 g/mol. The van der Waals surface area contributed by atoms with Crippen molar-refractivity contribution in [3.8, 4) is 0 Å². The number of hydrogen-bond acceptors (Lipinski definition) is 5. The summed E-state index contributed by atoms with van der Waals surface area (Å²) in [6.07, 6.45) is 9.65. The first-order chi connectivity index (χ1) is 16.3. The van der Waals surface area contributed by atoms with Gasteiger partial charge in [-0.25, -0.2) is 4.79 Å². The van der Waals surface area contributed by atoms with Crippen LogP contribution in [-0.4, -0.2) is 23.3 Å². The molecule has 1 aromatic carbocycles. The number of hydrogen-bond donors (Lipinski definition) is 1. The molecule has 5 aliphatic carbocycles.